The molecule has 2 rings (SSSR count). The topological polar surface area (TPSA) is 49.8 Å². The number of imidazole rings is 1. The molecule has 72 valence electrons. The maximum absolute atomic E-state index is 11.2. The highest BCUT2D eigenvalue weighted by atomic mass is 16.1. The van der Waals surface area contributed by atoms with E-state index in [0.717, 1.165) is 6.54 Å². The highest BCUT2D eigenvalue weighted by Crippen LogP contribution is 2.32. The number of hydrogen-bond acceptors (Lipinski definition) is 2. The number of nitrogens with one attached hydrogen (secondary N) is 2. The molecule has 0 aliphatic heterocycles. The number of aromatic nitrogens is 2. The second-order valence-corrected chi connectivity index (χ2v) is 3.78. The Bertz CT molecular complexity index is 329. The summed E-state index contributed by atoms with van der Waals surface area (Å²) in [6.07, 6.45) is 7.09. The zero-order valence-electron chi connectivity index (χ0n) is 7.84. The minimum absolute atomic E-state index is 0.0125. The van der Waals surface area contributed by atoms with Gasteiger partial charge in [-0.15, -0.1) is 0 Å². The van der Waals surface area contributed by atoms with Crippen LogP contribution < -0.4 is 11.0 Å². The lowest BCUT2D eigenvalue weighted by Gasteiger charge is -2.41. The van der Waals surface area contributed by atoms with Crippen LogP contribution in [0.4, 0.5) is 0 Å². The third-order valence-electron chi connectivity index (χ3n) is 3.04. The Labute approximate surface area is 77.0 Å². The minimum atomic E-state index is -0.0125. The number of likely N-dealkylation sites (N-methyl/N-ethyl adjacent to an activating group) is 1. The lowest BCUT2D eigenvalue weighted by molar-refractivity contribution is 0.168. The van der Waals surface area contributed by atoms with Crippen molar-refractivity contribution in [2.45, 2.75) is 31.3 Å². The summed E-state index contributed by atoms with van der Waals surface area (Å²) in [5.74, 6) is 0. The van der Waals surface area contributed by atoms with Gasteiger partial charge in [-0.25, -0.2) is 4.79 Å². The van der Waals surface area contributed by atoms with Crippen molar-refractivity contribution in [3.8, 4) is 0 Å². The van der Waals surface area contributed by atoms with E-state index in [1.807, 2.05) is 7.05 Å². The molecule has 2 N–H and O–H groups in total. The Balaban J connectivity index is 2.13. The predicted molar refractivity (Wildman–Crippen MR) is 50.7 cm³/mol. The van der Waals surface area contributed by atoms with Gasteiger partial charge in [0.05, 0.1) is 0 Å². The molecule has 1 aliphatic carbocycles. The fraction of sp³-hybridized carbons (Fsp3) is 0.667. The van der Waals surface area contributed by atoms with Crippen LogP contribution in [-0.2, 0) is 6.54 Å². The molecule has 1 saturated carbocycles. The summed E-state index contributed by atoms with van der Waals surface area (Å²) < 4.78 is 1.73. The van der Waals surface area contributed by atoms with Gasteiger partial charge in [0.2, 0.25) is 0 Å². The third-order valence-corrected chi connectivity index (χ3v) is 3.04. The molecule has 1 heterocycles. The van der Waals surface area contributed by atoms with Gasteiger partial charge in [0, 0.05) is 24.5 Å². The van der Waals surface area contributed by atoms with Crippen LogP contribution in [0, 0.1) is 0 Å². The number of nitrogens with zero attached hydrogens (tertiary/aromatic N) is 1. The van der Waals surface area contributed by atoms with Crippen molar-refractivity contribution >= 4 is 0 Å². The predicted octanol–water partition coefficient (Wildman–Crippen LogP) is 0.318. The first-order valence-corrected chi connectivity index (χ1v) is 4.68. The Kier molecular flexibility index (Phi) is 2.00. The zero-order valence-corrected chi connectivity index (χ0v) is 7.84. The van der Waals surface area contributed by atoms with Crippen LogP contribution in [-0.4, -0.2) is 22.1 Å². The van der Waals surface area contributed by atoms with Crippen LogP contribution in [0.1, 0.15) is 19.3 Å². The van der Waals surface area contributed by atoms with E-state index in [0.29, 0.717) is 0 Å². The highest BCUT2D eigenvalue weighted by molar-refractivity contribution is 4.96. The first kappa shape index (κ1) is 8.56. The molecule has 0 radical (unpaired) electrons. The molecule has 4 nitrogen and oxygen atoms in total. The van der Waals surface area contributed by atoms with Crippen LogP contribution >= 0.6 is 0 Å². The van der Waals surface area contributed by atoms with Gasteiger partial charge in [-0.2, -0.15) is 0 Å². The molecule has 13 heavy (non-hydrogen) atoms. The number of hydrogen-bond donors (Lipinski definition) is 2. The SMILES string of the molecule is CNC1(Cn2cc[nH]c2=O)CCC1. The maximum Gasteiger partial charge on any atom is 0.325 e. The van der Waals surface area contributed by atoms with E-state index in [-0.39, 0.29) is 11.2 Å². The molecule has 0 saturated heterocycles. The molecule has 0 aromatic carbocycles. The van der Waals surface area contributed by atoms with E-state index in [9.17, 15) is 4.79 Å². The largest absolute Gasteiger partial charge is 0.325 e. The molecular weight excluding hydrogens is 166 g/mol. The van der Waals surface area contributed by atoms with Crippen molar-refractivity contribution in [1.29, 1.82) is 0 Å². The summed E-state index contributed by atoms with van der Waals surface area (Å²) in [6.45, 7) is 0.784. The molecule has 4 heteroatoms. The number of rotatable bonds is 3. The summed E-state index contributed by atoms with van der Waals surface area (Å²) in [5, 5.41) is 3.31. The summed E-state index contributed by atoms with van der Waals surface area (Å²) in [6, 6.07) is 0. The average Bonchev–Trinajstić information content (AvgIpc) is 2.44. The van der Waals surface area contributed by atoms with Crippen molar-refractivity contribution in [1.82, 2.24) is 14.9 Å². The van der Waals surface area contributed by atoms with Crippen molar-refractivity contribution < 1.29 is 0 Å². The Morgan fingerprint density at radius 1 is 1.69 bits per heavy atom. The molecule has 0 amide bonds. The molecule has 0 atom stereocenters. The molecule has 1 aromatic heterocycles. The van der Waals surface area contributed by atoms with Crippen molar-refractivity contribution in [3.63, 3.8) is 0 Å². The third kappa shape index (κ3) is 1.42. The lowest BCUT2D eigenvalue weighted by Crippen LogP contribution is -2.53. The summed E-state index contributed by atoms with van der Waals surface area (Å²) >= 11 is 0. The second-order valence-electron chi connectivity index (χ2n) is 3.78. The van der Waals surface area contributed by atoms with E-state index in [2.05, 4.69) is 10.3 Å². The van der Waals surface area contributed by atoms with Crippen LogP contribution in [0.2, 0.25) is 0 Å². The van der Waals surface area contributed by atoms with Crippen LogP contribution in [0.3, 0.4) is 0 Å². The molecule has 0 bridgehead atoms. The Hall–Kier alpha value is -1.03. The monoisotopic (exact) mass is 181 g/mol. The normalized spacial score (nSPS) is 19.8. The van der Waals surface area contributed by atoms with Gasteiger partial charge in [-0.05, 0) is 26.3 Å². The summed E-state index contributed by atoms with van der Waals surface area (Å²) in [7, 11) is 1.97. The van der Waals surface area contributed by atoms with E-state index in [1.54, 1.807) is 17.0 Å². The van der Waals surface area contributed by atoms with Crippen molar-refractivity contribution in [2.24, 2.45) is 0 Å². The van der Waals surface area contributed by atoms with E-state index >= 15 is 0 Å². The summed E-state index contributed by atoms with van der Waals surface area (Å²) in [4.78, 5) is 13.9. The van der Waals surface area contributed by atoms with Gasteiger partial charge in [-0.3, -0.25) is 4.57 Å². The molecule has 0 unspecified atom stereocenters. The van der Waals surface area contributed by atoms with Crippen molar-refractivity contribution in [2.75, 3.05) is 7.05 Å². The highest BCUT2D eigenvalue weighted by Gasteiger charge is 2.35. The fourth-order valence-electron chi connectivity index (χ4n) is 1.89. The molecular formula is C9H15N3O. The van der Waals surface area contributed by atoms with Gasteiger partial charge in [0.25, 0.3) is 0 Å². The smallest absolute Gasteiger partial charge is 0.313 e. The van der Waals surface area contributed by atoms with Crippen molar-refractivity contribution in [3.05, 3.63) is 22.9 Å². The van der Waals surface area contributed by atoms with Crippen LogP contribution in [0.25, 0.3) is 0 Å². The van der Waals surface area contributed by atoms with E-state index in [4.69, 9.17) is 0 Å². The number of aromatic amines is 1. The van der Waals surface area contributed by atoms with Gasteiger partial charge in [-0.1, -0.05) is 0 Å². The molecule has 1 aliphatic rings. The van der Waals surface area contributed by atoms with Gasteiger partial charge < -0.3 is 10.3 Å². The van der Waals surface area contributed by atoms with E-state index in [1.165, 1.54) is 19.3 Å². The standard InChI is InChI=1S/C9H15N3O/c1-10-9(3-2-4-9)7-12-6-5-11-8(12)13/h5-6,10H,2-4,7H2,1H3,(H,11,13). The van der Waals surface area contributed by atoms with Gasteiger partial charge in [0.15, 0.2) is 0 Å². The lowest BCUT2D eigenvalue weighted by atomic mass is 9.77. The Morgan fingerprint density at radius 2 is 2.46 bits per heavy atom. The average molecular weight is 181 g/mol. The molecule has 1 aromatic rings. The first-order chi connectivity index (χ1) is 6.26. The number of H-pyrrole nitrogens is 1. The zero-order chi connectivity index (χ0) is 9.31. The van der Waals surface area contributed by atoms with Crippen LogP contribution in [0.5, 0.6) is 0 Å². The van der Waals surface area contributed by atoms with Gasteiger partial charge in [0.1, 0.15) is 0 Å². The summed E-state index contributed by atoms with van der Waals surface area (Å²) in [5.41, 5.74) is 0.160. The quantitative estimate of drug-likeness (QED) is 0.705. The maximum atomic E-state index is 11.2. The molecule has 1 fully saturated rings. The first-order valence-electron chi connectivity index (χ1n) is 4.68. The van der Waals surface area contributed by atoms with E-state index < -0.39 is 0 Å². The second kappa shape index (κ2) is 3.03. The molecule has 0 spiro atoms. The fourth-order valence-corrected chi connectivity index (χ4v) is 1.89. The van der Waals surface area contributed by atoms with Gasteiger partial charge >= 0.3 is 5.69 Å². The van der Waals surface area contributed by atoms with Crippen LogP contribution in [0.15, 0.2) is 17.2 Å². The Morgan fingerprint density at radius 3 is 2.85 bits per heavy atom. The minimum Gasteiger partial charge on any atom is -0.313 e.